The van der Waals surface area contributed by atoms with Crippen molar-refractivity contribution in [3.8, 4) is 0 Å². The third kappa shape index (κ3) is 4.35. The van der Waals surface area contributed by atoms with E-state index in [0.717, 1.165) is 31.3 Å². The molecule has 0 unspecified atom stereocenters. The molecule has 5 heteroatoms. The standard InChI is InChI=1S/C19H23N5/c1-20-19(23-15-17-8-2-3-10-21-17)22-14-16-7-6-9-18(13-16)24-11-4-5-12-24/h2-10,13H,11-12,14-15H2,1H3,(H2,20,22,23). The quantitative estimate of drug-likeness (QED) is 0.504. The molecule has 0 fully saturated rings. The number of anilines is 1. The van der Waals surface area contributed by atoms with Gasteiger partial charge < -0.3 is 15.5 Å². The third-order valence-electron chi connectivity index (χ3n) is 3.94. The number of nitrogens with zero attached hydrogens (tertiary/aromatic N) is 3. The van der Waals surface area contributed by atoms with Crippen molar-refractivity contribution >= 4 is 11.6 Å². The Balaban J connectivity index is 1.53. The molecule has 0 bridgehead atoms. The molecule has 0 aliphatic carbocycles. The van der Waals surface area contributed by atoms with E-state index in [1.165, 1.54) is 11.3 Å². The Hall–Kier alpha value is -2.82. The van der Waals surface area contributed by atoms with E-state index >= 15 is 0 Å². The Morgan fingerprint density at radius 2 is 1.92 bits per heavy atom. The fraction of sp³-hybridized carbons (Fsp3) is 0.263. The highest BCUT2D eigenvalue weighted by Gasteiger charge is 2.08. The van der Waals surface area contributed by atoms with Crippen LogP contribution in [-0.4, -0.2) is 31.1 Å². The number of hydrogen-bond acceptors (Lipinski definition) is 3. The van der Waals surface area contributed by atoms with Gasteiger partial charge >= 0.3 is 0 Å². The van der Waals surface area contributed by atoms with Crippen molar-refractivity contribution in [1.29, 1.82) is 0 Å². The monoisotopic (exact) mass is 321 g/mol. The molecule has 0 saturated heterocycles. The van der Waals surface area contributed by atoms with Crippen LogP contribution in [0.25, 0.3) is 0 Å². The van der Waals surface area contributed by atoms with Crippen LogP contribution in [0, 0.1) is 0 Å². The maximum atomic E-state index is 4.30. The first-order chi connectivity index (χ1) is 11.8. The Kier molecular flexibility index (Phi) is 5.45. The maximum absolute atomic E-state index is 4.30. The second-order valence-electron chi connectivity index (χ2n) is 5.65. The van der Waals surface area contributed by atoms with Crippen LogP contribution in [-0.2, 0) is 13.1 Å². The highest BCUT2D eigenvalue weighted by Crippen LogP contribution is 2.18. The molecule has 5 nitrogen and oxygen atoms in total. The Morgan fingerprint density at radius 1 is 1.08 bits per heavy atom. The van der Waals surface area contributed by atoms with Crippen molar-refractivity contribution < 1.29 is 0 Å². The van der Waals surface area contributed by atoms with Gasteiger partial charge in [-0.15, -0.1) is 0 Å². The minimum atomic E-state index is 0.653. The summed E-state index contributed by atoms with van der Waals surface area (Å²) in [7, 11) is 1.78. The largest absolute Gasteiger partial charge is 0.364 e. The summed E-state index contributed by atoms with van der Waals surface area (Å²) >= 11 is 0. The lowest BCUT2D eigenvalue weighted by Gasteiger charge is -2.19. The normalized spacial score (nSPS) is 14.0. The predicted octanol–water partition coefficient (Wildman–Crippen LogP) is 2.32. The molecule has 1 aromatic carbocycles. The minimum Gasteiger partial charge on any atom is -0.364 e. The minimum absolute atomic E-state index is 0.653. The van der Waals surface area contributed by atoms with Crippen LogP contribution >= 0.6 is 0 Å². The van der Waals surface area contributed by atoms with Gasteiger partial charge in [0.05, 0.1) is 12.2 Å². The summed E-state index contributed by atoms with van der Waals surface area (Å²) in [6, 6.07) is 14.5. The SMILES string of the molecule is CN=C(NCc1cccc(N2CC=CC2)c1)NCc1ccccn1. The predicted molar refractivity (Wildman–Crippen MR) is 99.1 cm³/mol. The van der Waals surface area contributed by atoms with E-state index in [1.807, 2.05) is 18.2 Å². The molecule has 2 heterocycles. The first kappa shape index (κ1) is 16.1. The number of pyridine rings is 1. The molecule has 0 spiro atoms. The summed E-state index contributed by atoms with van der Waals surface area (Å²) in [6.45, 7) is 3.37. The zero-order chi connectivity index (χ0) is 16.6. The van der Waals surface area contributed by atoms with Gasteiger partial charge in [-0.1, -0.05) is 30.4 Å². The van der Waals surface area contributed by atoms with Gasteiger partial charge in [-0.2, -0.15) is 0 Å². The van der Waals surface area contributed by atoms with Gasteiger partial charge in [0, 0.05) is 38.6 Å². The zero-order valence-corrected chi connectivity index (χ0v) is 13.9. The molecule has 2 N–H and O–H groups in total. The molecule has 0 radical (unpaired) electrons. The molecule has 24 heavy (non-hydrogen) atoms. The van der Waals surface area contributed by atoms with Crippen molar-refractivity contribution in [2.75, 3.05) is 25.0 Å². The number of nitrogens with one attached hydrogen (secondary N) is 2. The average Bonchev–Trinajstić information content (AvgIpc) is 3.18. The molecule has 0 atom stereocenters. The lowest BCUT2D eigenvalue weighted by Crippen LogP contribution is -2.36. The van der Waals surface area contributed by atoms with Crippen LogP contribution in [0.1, 0.15) is 11.3 Å². The van der Waals surface area contributed by atoms with Crippen molar-refractivity contribution in [1.82, 2.24) is 15.6 Å². The van der Waals surface area contributed by atoms with Crippen molar-refractivity contribution in [2.45, 2.75) is 13.1 Å². The Labute approximate surface area is 143 Å². The first-order valence-corrected chi connectivity index (χ1v) is 8.18. The average molecular weight is 321 g/mol. The summed E-state index contributed by atoms with van der Waals surface area (Å²) in [6.07, 6.45) is 6.20. The molecule has 3 rings (SSSR count). The van der Waals surface area contributed by atoms with Crippen LogP contribution < -0.4 is 15.5 Å². The molecule has 0 amide bonds. The molecule has 124 valence electrons. The topological polar surface area (TPSA) is 52.6 Å². The fourth-order valence-corrected chi connectivity index (χ4v) is 2.64. The van der Waals surface area contributed by atoms with Gasteiger partial charge in [-0.05, 0) is 29.8 Å². The summed E-state index contributed by atoms with van der Waals surface area (Å²) in [5.74, 6) is 0.772. The summed E-state index contributed by atoms with van der Waals surface area (Å²) < 4.78 is 0. The first-order valence-electron chi connectivity index (χ1n) is 8.18. The fourth-order valence-electron chi connectivity index (χ4n) is 2.64. The van der Waals surface area contributed by atoms with E-state index in [0.29, 0.717) is 6.54 Å². The maximum Gasteiger partial charge on any atom is 0.191 e. The second-order valence-corrected chi connectivity index (χ2v) is 5.65. The highest BCUT2D eigenvalue weighted by molar-refractivity contribution is 5.79. The molecule has 1 aliphatic rings. The molecule has 1 aromatic heterocycles. The van der Waals surface area contributed by atoms with Crippen molar-refractivity contribution in [3.63, 3.8) is 0 Å². The van der Waals surface area contributed by atoms with Crippen LogP contribution in [0.5, 0.6) is 0 Å². The van der Waals surface area contributed by atoms with Gasteiger partial charge in [0.1, 0.15) is 0 Å². The summed E-state index contributed by atoms with van der Waals surface area (Å²) in [5, 5.41) is 6.63. The number of aliphatic imine (C=N–C) groups is 1. The van der Waals surface area contributed by atoms with Gasteiger partial charge in [0.15, 0.2) is 5.96 Å². The lowest BCUT2D eigenvalue weighted by molar-refractivity contribution is 0.794. The Bertz CT molecular complexity index is 701. The van der Waals surface area contributed by atoms with E-state index < -0.39 is 0 Å². The number of rotatable bonds is 5. The van der Waals surface area contributed by atoms with Crippen molar-refractivity contribution in [3.05, 3.63) is 72.1 Å². The van der Waals surface area contributed by atoms with Crippen LogP contribution in [0.2, 0.25) is 0 Å². The summed E-state index contributed by atoms with van der Waals surface area (Å²) in [4.78, 5) is 10.9. The summed E-state index contributed by atoms with van der Waals surface area (Å²) in [5.41, 5.74) is 3.49. The molecule has 1 aliphatic heterocycles. The van der Waals surface area contributed by atoms with E-state index in [-0.39, 0.29) is 0 Å². The van der Waals surface area contributed by atoms with E-state index in [9.17, 15) is 0 Å². The molecular weight excluding hydrogens is 298 g/mol. The number of benzene rings is 1. The van der Waals surface area contributed by atoms with Gasteiger partial charge in [0.25, 0.3) is 0 Å². The second kappa shape index (κ2) is 8.15. The van der Waals surface area contributed by atoms with Crippen LogP contribution in [0.3, 0.4) is 0 Å². The van der Waals surface area contributed by atoms with E-state index in [2.05, 4.69) is 61.9 Å². The van der Waals surface area contributed by atoms with Crippen LogP contribution in [0.4, 0.5) is 5.69 Å². The molecular formula is C19H23N5. The molecule has 0 saturated carbocycles. The van der Waals surface area contributed by atoms with Gasteiger partial charge in [0.2, 0.25) is 0 Å². The highest BCUT2D eigenvalue weighted by atomic mass is 15.2. The molecule has 2 aromatic rings. The number of guanidine groups is 1. The third-order valence-corrected chi connectivity index (χ3v) is 3.94. The number of aromatic nitrogens is 1. The van der Waals surface area contributed by atoms with E-state index in [4.69, 9.17) is 0 Å². The van der Waals surface area contributed by atoms with Crippen LogP contribution in [0.15, 0.2) is 65.8 Å². The zero-order valence-electron chi connectivity index (χ0n) is 13.9. The van der Waals surface area contributed by atoms with E-state index in [1.54, 1.807) is 13.2 Å². The number of hydrogen-bond donors (Lipinski definition) is 2. The lowest BCUT2D eigenvalue weighted by atomic mass is 10.2. The van der Waals surface area contributed by atoms with Gasteiger partial charge in [-0.25, -0.2) is 0 Å². The smallest absolute Gasteiger partial charge is 0.191 e. The van der Waals surface area contributed by atoms with Gasteiger partial charge in [-0.3, -0.25) is 9.98 Å². The van der Waals surface area contributed by atoms with Crippen molar-refractivity contribution in [2.24, 2.45) is 4.99 Å². The Morgan fingerprint density at radius 3 is 2.67 bits per heavy atom.